The van der Waals surface area contributed by atoms with Crippen LogP contribution in [0.4, 0.5) is 0 Å². The molecule has 0 saturated carbocycles. The number of aromatic amines is 1. The molecule has 0 atom stereocenters. The average molecular weight is 395 g/mol. The molecule has 1 aromatic carbocycles. The molecule has 8 heteroatoms. The number of ether oxygens (including phenoxy) is 1. The quantitative estimate of drug-likeness (QED) is 0.691. The number of carbonyl (C=O) groups is 1. The van der Waals surface area contributed by atoms with Crippen LogP contribution in [0.15, 0.2) is 43.0 Å². The number of methoxy groups -OCH3 is 1. The van der Waals surface area contributed by atoms with Crippen LogP contribution in [0, 0.1) is 0 Å². The summed E-state index contributed by atoms with van der Waals surface area (Å²) in [6.07, 6.45) is 0. The highest BCUT2D eigenvalue weighted by Gasteiger charge is 2.12. The van der Waals surface area contributed by atoms with Gasteiger partial charge < -0.3 is 9.72 Å². The Kier molecular flexibility index (Phi) is 4.18. The van der Waals surface area contributed by atoms with Gasteiger partial charge in [0.15, 0.2) is 0 Å². The number of fused-ring (bicyclic) bond motifs is 1. The fourth-order valence-electron chi connectivity index (χ4n) is 2.25. The number of aromatic nitrogens is 2. The minimum Gasteiger partial charge on any atom is -0.465 e. The lowest BCUT2D eigenvalue weighted by molar-refractivity contribution is 0.0601. The van der Waals surface area contributed by atoms with Crippen molar-refractivity contribution in [2.75, 3.05) is 7.11 Å². The Bertz CT molecular complexity index is 1020. The Balaban J connectivity index is 2.16. The van der Waals surface area contributed by atoms with Crippen molar-refractivity contribution in [1.82, 2.24) is 9.55 Å². The molecule has 118 valence electrons. The fourth-order valence-corrected chi connectivity index (χ4v) is 3.45. The molecule has 1 N–H and O–H groups in total. The second-order valence-corrected chi connectivity index (χ2v) is 7.12. The lowest BCUT2D eigenvalue weighted by Gasteiger charge is -2.06. The molecule has 23 heavy (non-hydrogen) atoms. The van der Waals surface area contributed by atoms with Crippen LogP contribution in [0.3, 0.4) is 0 Å². The number of nitrogens with zero attached hydrogens (tertiary/aromatic N) is 1. The topological polar surface area (TPSA) is 81.2 Å². The number of hydrogen-bond donors (Lipinski definition) is 1. The van der Waals surface area contributed by atoms with E-state index < -0.39 is 17.2 Å². The molecule has 3 rings (SSSR count). The lowest BCUT2D eigenvalue weighted by atomic mass is 10.1. The first kappa shape index (κ1) is 15.7. The number of halogens is 1. The second-order valence-electron chi connectivity index (χ2n) is 4.83. The Morgan fingerprint density at radius 3 is 2.78 bits per heavy atom. The van der Waals surface area contributed by atoms with Gasteiger partial charge in [-0.15, -0.1) is 11.3 Å². The number of H-pyrrole nitrogens is 1. The van der Waals surface area contributed by atoms with E-state index in [2.05, 4.69) is 25.7 Å². The van der Waals surface area contributed by atoms with Gasteiger partial charge >= 0.3 is 11.7 Å². The molecule has 0 amide bonds. The maximum atomic E-state index is 12.6. The zero-order valence-electron chi connectivity index (χ0n) is 12.0. The van der Waals surface area contributed by atoms with E-state index in [1.807, 2.05) is 11.4 Å². The second kappa shape index (κ2) is 6.13. The van der Waals surface area contributed by atoms with Gasteiger partial charge in [-0.05, 0) is 51.1 Å². The first-order chi connectivity index (χ1) is 11.0. The van der Waals surface area contributed by atoms with Crippen molar-refractivity contribution in [3.63, 3.8) is 0 Å². The maximum absolute atomic E-state index is 12.6. The fraction of sp³-hybridized carbons (Fsp3) is 0.133. The molecule has 6 nitrogen and oxygen atoms in total. The van der Waals surface area contributed by atoms with Gasteiger partial charge in [0.25, 0.3) is 5.56 Å². The third kappa shape index (κ3) is 2.99. The monoisotopic (exact) mass is 394 g/mol. The van der Waals surface area contributed by atoms with Crippen LogP contribution in [0.5, 0.6) is 0 Å². The molecule has 0 unspecified atom stereocenters. The summed E-state index contributed by atoms with van der Waals surface area (Å²) in [7, 11) is 1.27. The zero-order chi connectivity index (χ0) is 16.6. The highest BCUT2D eigenvalue weighted by molar-refractivity contribution is 9.11. The third-order valence-corrected chi connectivity index (χ3v) is 4.92. The zero-order valence-corrected chi connectivity index (χ0v) is 14.4. The molecular formula is C15H11BrN2O4S. The highest BCUT2D eigenvalue weighted by Crippen LogP contribution is 2.20. The minimum atomic E-state index is -0.536. The van der Waals surface area contributed by atoms with E-state index in [-0.39, 0.29) is 17.5 Å². The molecule has 0 radical (unpaired) electrons. The van der Waals surface area contributed by atoms with Crippen LogP contribution >= 0.6 is 27.3 Å². The molecule has 0 aliphatic rings. The van der Waals surface area contributed by atoms with Gasteiger partial charge in [-0.1, -0.05) is 0 Å². The summed E-state index contributed by atoms with van der Waals surface area (Å²) >= 11 is 4.83. The van der Waals surface area contributed by atoms with Crippen molar-refractivity contribution >= 4 is 44.1 Å². The summed E-state index contributed by atoms with van der Waals surface area (Å²) in [4.78, 5) is 39.0. The number of carbonyl (C=O) groups excluding carboxylic acids is 1. The first-order valence-electron chi connectivity index (χ1n) is 6.57. The van der Waals surface area contributed by atoms with Crippen molar-refractivity contribution in [2.45, 2.75) is 6.54 Å². The van der Waals surface area contributed by atoms with Gasteiger partial charge in [-0.3, -0.25) is 9.36 Å². The Hall–Kier alpha value is -2.19. The Morgan fingerprint density at radius 1 is 1.35 bits per heavy atom. The van der Waals surface area contributed by atoms with Crippen molar-refractivity contribution in [1.29, 1.82) is 0 Å². The van der Waals surface area contributed by atoms with Gasteiger partial charge in [-0.25, -0.2) is 9.59 Å². The summed E-state index contributed by atoms with van der Waals surface area (Å²) in [5.41, 5.74) is 0.551. The van der Waals surface area contributed by atoms with Crippen molar-refractivity contribution in [3.8, 4) is 0 Å². The van der Waals surface area contributed by atoms with Crippen LogP contribution < -0.4 is 11.2 Å². The minimum absolute atomic E-state index is 0.161. The number of esters is 1. The highest BCUT2D eigenvalue weighted by atomic mass is 79.9. The summed E-state index contributed by atoms with van der Waals surface area (Å²) in [5.74, 6) is -0.536. The molecule has 3 aromatic rings. The molecule has 2 aromatic heterocycles. The van der Waals surface area contributed by atoms with Gasteiger partial charge in [0.2, 0.25) is 0 Å². The Labute approximate surface area is 142 Å². The molecular weight excluding hydrogens is 384 g/mol. The van der Waals surface area contributed by atoms with E-state index >= 15 is 0 Å². The van der Waals surface area contributed by atoms with E-state index in [9.17, 15) is 14.4 Å². The van der Waals surface area contributed by atoms with Crippen molar-refractivity contribution in [2.24, 2.45) is 0 Å². The maximum Gasteiger partial charge on any atom is 0.337 e. The largest absolute Gasteiger partial charge is 0.465 e. The van der Waals surface area contributed by atoms with E-state index in [0.717, 1.165) is 13.9 Å². The molecule has 0 fully saturated rings. The first-order valence-corrected chi connectivity index (χ1v) is 8.25. The van der Waals surface area contributed by atoms with E-state index in [1.54, 1.807) is 0 Å². The third-order valence-electron chi connectivity index (χ3n) is 3.37. The van der Waals surface area contributed by atoms with Crippen molar-refractivity contribution in [3.05, 3.63) is 65.4 Å². The number of rotatable bonds is 3. The molecule has 0 aliphatic heterocycles. The molecule has 0 spiro atoms. The number of nitrogens with one attached hydrogen (secondary N) is 1. The standard InChI is InChI=1S/C15H11BrN2O4S/c1-22-14(20)9-2-3-11-10(5-9)13(19)18(15(21)17-11)6-8-4-12(16)23-7-8/h2-5,7H,6H2,1H3,(H,17,21). The van der Waals surface area contributed by atoms with Crippen LogP contribution in [0.25, 0.3) is 10.9 Å². The number of thiophene rings is 1. The van der Waals surface area contributed by atoms with Crippen LogP contribution in [0.1, 0.15) is 15.9 Å². The van der Waals surface area contributed by atoms with Gasteiger partial charge in [-0.2, -0.15) is 0 Å². The average Bonchev–Trinajstić information content (AvgIpc) is 2.95. The Morgan fingerprint density at radius 2 is 2.13 bits per heavy atom. The summed E-state index contributed by atoms with van der Waals surface area (Å²) in [6.45, 7) is 0.161. The summed E-state index contributed by atoms with van der Waals surface area (Å²) in [6, 6.07) is 6.31. The normalized spacial score (nSPS) is 10.9. The van der Waals surface area contributed by atoms with Gasteiger partial charge in [0.1, 0.15) is 0 Å². The van der Waals surface area contributed by atoms with E-state index in [4.69, 9.17) is 0 Å². The predicted octanol–water partition coefficient (Wildman–Crippen LogP) is 2.35. The van der Waals surface area contributed by atoms with E-state index in [0.29, 0.717) is 5.52 Å². The molecule has 0 aliphatic carbocycles. The van der Waals surface area contributed by atoms with Crippen molar-refractivity contribution < 1.29 is 9.53 Å². The van der Waals surface area contributed by atoms with Gasteiger partial charge in [0.05, 0.1) is 33.9 Å². The summed E-state index contributed by atoms with van der Waals surface area (Å²) in [5, 5.41) is 2.13. The SMILES string of the molecule is COC(=O)c1ccc2[nH]c(=O)n(Cc3csc(Br)c3)c(=O)c2c1. The van der Waals surface area contributed by atoms with Crippen LogP contribution in [-0.4, -0.2) is 22.6 Å². The van der Waals surface area contributed by atoms with E-state index in [1.165, 1.54) is 36.6 Å². The smallest absolute Gasteiger partial charge is 0.337 e. The van der Waals surface area contributed by atoms with Crippen LogP contribution in [0.2, 0.25) is 0 Å². The number of benzene rings is 1. The van der Waals surface area contributed by atoms with Crippen LogP contribution in [-0.2, 0) is 11.3 Å². The molecule has 0 saturated heterocycles. The summed E-state index contributed by atoms with van der Waals surface area (Å²) < 4.78 is 6.68. The molecule has 2 heterocycles. The number of hydrogen-bond acceptors (Lipinski definition) is 5. The van der Waals surface area contributed by atoms with Gasteiger partial charge in [0, 0.05) is 0 Å². The predicted molar refractivity (Wildman–Crippen MR) is 91.3 cm³/mol. The lowest BCUT2D eigenvalue weighted by Crippen LogP contribution is -2.35. The molecule has 0 bridgehead atoms.